The van der Waals surface area contributed by atoms with Crippen LogP contribution in [0.2, 0.25) is 0 Å². The monoisotopic (exact) mass is 548 g/mol. The first kappa shape index (κ1) is 25.6. The smallest absolute Gasteiger partial charge is 0.191 e. The Labute approximate surface area is 207 Å². The lowest BCUT2D eigenvalue weighted by Crippen LogP contribution is -2.36. The number of aryl methyl sites for hydroxylation is 1. The van der Waals surface area contributed by atoms with Crippen LogP contribution in [0, 0.1) is 6.92 Å². The zero-order valence-electron chi connectivity index (χ0n) is 19.2. The van der Waals surface area contributed by atoms with Gasteiger partial charge in [-0.1, -0.05) is 43.3 Å². The molecule has 0 bridgehead atoms. The van der Waals surface area contributed by atoms with Gasteiger partial charge in [-0.2, -0.15) is 5.10 Å². The minimum absolute atomic E-state index is 0. The van der Waals surface area contributed by atoms with Crippen molar-refractivity contribution >= 4 is 29.9 Å². The van der Waals surface area contributed by atoms with E-state index in [1.165, 1.54) is 16.7 Å². The summed E-state index contributed by atoms with van der Waals surface area (Å²) < 4.78 is 7.93. The number of rotatable bonds is 9. The number of benzene rings is 2. The van der Waals surface area contributed by atoms with E-state index in [-0.39, 0.29) is 30.1 Å². The van der Waals surface area contributed by atoms with Crippen LogP contribution in [0.5, 0.6) is 5.75 Å². The van der Waals surface area contributed by atoms with Crippen LogP contribution in [0.15, 0.2) is 60.1 Å². The van der Waals surface area contributed by atoms with Crippen molar-refractivity contribution in [3.63, 3.8) is 0 Å². The van der Waals surface area contributed by atoms with E-state index in [1.54, 1.807) is 19.7 Å². The summed E-state index contributed by atoms with van der Waals surface area (Å²) in [6.07, 6.45) is 4.43. The minimum atomic E-state index is 0. The Hall–Kier alpha value is -2.62. The molecule has 0 aliphatic rings. The van der Waals surface area contributed by atoms with Gasteiger partial charge in [0.1, 0.15) is 18.4 Å². The second-order valence-corrected chi connectivity index (χ2v) is 7.64. The summed E-state index contributed by atoms with van der Waals surface area (Å²) in [5, 5.41) is 11.0. The average molecular weight is 548 g/mol. The molecular formula is C24H33IN6O. The molecule has 3 aromatic rings. The van der Waals surface area contributed by atoms with Crippen molar-refractivity contribution in [1.82, 2.24) is 25.4 Å². The number of aromatic nitrogens is 3. The van der Waals surface area contributed by atoms with E-state index in [0.29, 0.717) is 19.6 Å². The van der Waals surface area contributed by atoms with Gasteiger partial charge in [-0.05, 0) is 43.0 Å². The van der Waals surface area contributed by atoms with Gasteiger partial charge in [0.05, 0.1) is 12.6 Å². The number of nitrogens with zero attached hydrogens (tertiary/aromatic N) is 4. The first-order valence-electron chi connectivity index (χ1n) is 10.7. The maximum atomic E-state index is 6.12. The number of halogens is 1. The molecule has 0 amide bonds. The van der Waals surface area contributed by atoms with Crippen LogP contribution < -0.4 is 15.4 Å². The molecule has 0 saturated heterocycles. The SMILES string of the molecule is CCC(C)Oc1cc(C)ccc1CNC(=NC)NCc1cccc(Cn2cncn2)c1.I. The molecule has 8 heteroatoms. The zero-order chi connectivity index (χ0) is 22.1. The lowest BCUT2D eigenvalue weighted by molar-refractivity contribution is 0.215. The second-order valence-electron chi connectivity index (χ2n) is 7.64. The largest absolute Gasteiger partial charge is 0.490 e. The minimum Gasteiger partial charge on any atom is -0.490 e. The first-order chi connectivity index (χ1) is 15.1. The molecule has 0 fully saturated rings. The summed E-state index contributed by atoms with van der Waals surface area (Å²) in [4.78, 5) is 8.35. The Balaban J connectivity index is 0.00000363. The van der Waals surface area contributed by atoms with E-state index in [9.17, 15) is 0 Å². The van der Waals surface area contributed by atoms with E-state index in [0.717, 1.165) is 23.7 Å². The third kappa shape index (κ3) is 7.81. The molecule has 0 spiro atoms. The van der Waals surface area contributed by atoms with Gasteiger partial charge in [-0.3, -0.25) is 4.99 Å². The highest BCUT2D eigenvalue weighted by atomic mass is 127. The van der Waals surface area contributed by atoms with E-state index in [1.807, 2.05) is 4.68 Å². The molecule has 1 atom stereocenters. The maximum absolute atomic E-state index is 6.12. The normalized spacial score (nSPS) is 12.1. The van der Waals surface area contributed by atoms with Crippen molar-refractivity contribution in [2.45, 2.75) is 52.9 Å². The Kier molecular flexibility index (Phi) is 10.5. The Morgan fingerprint density at radius 3 is 2.62 bits per heavy atom. The predicted octanol–water partition coefficient (Wildman–Crippen LogP) is 4.30. The summed E-state index contributed by atoms with van der Waals surface area (Å²) in [5.41, 5.74) is 4.66. The van der Waals surface area contributed by atoms with Gasteiger partial charge < -0.3 is 15.4 Å². The van der Waals surface area contributed by atoms with E-state index >= 15 is 0 Å². The molecule has 0 aliphatic heterocycles. The molecule has 7 nitrogen and oxygen atoms in total. The van der Waals surface area contributed by atoms with Crippen LogP contribution in [-0.4, -0.2) is 33.9 Å². The van der Waals surface area contributed by atoms with Crippen LogP contribution in [0.25, 0.3) is 0 Å². The summed E-state index contributed by atoms with van der Waals surface area (Å²) >= 11 is 0. The van der Waals surface area contributed by atoms with Gasteiger partial charge in [-0.15, -0.1) is 24.0 Å². The van der Waals surface area contributed by atoms with Crippen LogP contribution in [0.4, 0.5) is 0 Å². The quantitative estimate of drug-likeness (QED) is 0.237. The summed E-state index contributed by atoms with van der Waals surface area (Å²) in [6.45, 7) is 8.32. The molecule has 1 unspecified atom stereocenters. The summed E-state index contributed by atoms with van der Waals surface area (Å²) in [6, 6.07) is 14.7. The van der Waals surface area contributed by atoms with E-state index < -0.39 is 0 Å². The van der Waals surface area contributed by atoms with E-state index in [4.69, 9.17) is 4.74 Å². The highest BCUT2D eigenvalue weighted by Gasteiger charge is 2.09. The number of aliphatic imine (C=N–C) groups is 1. The third-order valence-corrected chi connectivity index (χ3v) is 5.06. The van der Waals surface area contributed by atoms with Crippen molar-refractivity contribution in [3.05, 3.63) is 77.4 Å². The topological polar surface area (TPSA) is 76.4 Å². The Bertz CT molecular complexity index is 990. The Morgan fingerprint density at radius 2 is 1.91 bits per heavy atom. The molecule has 32 heavy (non-hydrogen) atoms. The van der Waals surface area contributed by atoms with E-state index in [2.05, 4.69) is 88.9 Å². The summed E-state index contributed by atoms with van der Waals surface area (Å²) in [5.74, 6) is 1.68. The molecule has 1 heterocycles. The van der Waals surface area contributed by atoms with Crippen LogP contribution in [0.1, 0.15) is 42.5 Å². The summed E-state index contributed by atoms with van der Waals surface area (Å²) in [7, 11) is 1.78. The Morgan fingerprint density at radius 1 is 1.12 bits per heavy atom. The van der Waals surface area contributed by atoms with Gasteiger partial charge in [0.15, 0.2) is 5.96 Å². The molecule has 3 rings (SSSR count). The van der Waals surface area contributed by atoms with Crippen LogP contribution in [-0.2, 0) is 19.6 Å². The number of guanidine groups is 1. The number of ether oxygens (including phenoxy) is 1. The fourth-order valence-corrected chi connectivity index (χ4v) is 3.14. The number of nitrogens with one attached hydrogen (secondary N) is 2. The molecule has 0 radical (unpaired) electrons. The van der Waals surface area contributed by atoms with Gasteiger partial charge in [0.25, 0.3) is 0 Å². The maximum Gasteiger partial charge on any atom is 0.191 e. The van der Waals surface area contributed by atoms with Crippen LogP contribution in [0.3, 0.4) is 0 Å². The highest BCUT2D eigenvalue weighted by Crippen LogP contribution is 2.22. The van der Waals surface area contributed by atoms with Crippen molar-refractivity contribution in [2.24, 2.45) is 4.99 Å². The van der Waals surface area contributed by atoms with Gasteiger partial charge in [0.2, 0.25) is 0 Å². The molecular weight excluding hydrogens is 515 g/mol. The zero-order valence-corrected chi connectivity index (χ0v) is 21.5. The predicted molar refractivity (Wildman–Crippen MR) is 140 cm³/mol. The standard InChI is InChI=1S/C24H32N6O.HI/c1-5-19(3)31-23-11-18(2)9-10-22(23)14-28-24(25-4)27-13-20-7-6-8-21(12-20)15-30-17-26-16-29-30;/h6-12,16-17,19H,5,13-15H2,1-4H3,(H2,25,27,28);1H. The molecule has 2 aromatic carbocycles. The van der Waals surface area contributed by atoms with Crippen molar-refractivity contribution < 1.29 is 4.74 Å². The fourth-order valence-electron chi connectivity index (χ4n) is 3.14. The first-order valence-corrected chi connectivity index (χ1v) is 10.7. The molecule has 2 N–H and O–H groups in total. The second kappa shape index (κ2) is 13.0. The highest BCUT2D eigenvalue weighted by molar-refractivity contribution is 14.0. The number of hydrogen-bond donors (Lipinski definition) is 2. The molecule has 172 valence electrons. The average Bonchev–Trinajstić information content (AvgIpc) is 3.28. The van der Waals surface area contributed by atoms with Crippen molar-refractivity contribution in [3.8, 4) is 5.75 Å². The molecule has 0 saturated carbocycles. The van der Waals surface area contributed by atoms with Gasteiger partial charge in [-0.25, -0.2) is 9.67 Å². The van der Waals surface area contributed by atoms with Crippen molar-refractivity contribution in [1.29, 1.82) is 0 Å². The number of hydrogen-bond acceptors (Lipinski definition) is 4. The molecule has 0 aliphatic carbocycles. The van der Waals surface area contributed by atoms with Crippen molar-refractivity contribution in [2.75, 3.05) is 7.05 Å². The van der Waals surface area contributed by atoms with Gasteiger partial charge >= 0.3 is 0 Å². The lowest BCUT2D eigenvalue weighted by atomic mass is 10.1. The van der Waals surface area contributed by atoms with Crippen LogP contribution >= 0.6 is 24.0 Å². The third-order valence-electron chi connectivity index (χ3n) is 5.06. The van der Waals surface area contributed by atoms with Gasteiger partial charge in [0, 0.05) is 25.7 Å². The lowest BCUT2D eigenvalue weighted by Gasteiger charge is -2.18. The molecule has 1 aromatic heterocycles. The fraction of sp³-hybridized carbons (Fsp3) is 0.375.